The molecule has 1 heterocycles. The number of imidazole rings is 1. The smallest absolute Gasteiger partial charge is 0.328 e. The number of hydrogen-bond acceptors (Lipinski definition) is 5. The summed E-state index contributed by atoms with van der Waals surface area (Å²) >= 11 is 0. The highest BCUT2D eigenvalue weighted by Crippen LogP contribution is 2.28. The van der Waals surface area contributed by atoms with Crippen LogP contribution in [0.2, 0.25) is 0 Å². The van der Waals surface area contributed by atoms with Crippen LogP contribution in [0.1, 0.15) is 5.56 Å². The Balaban J connectivity index is 1.44. The summed E-state index contributed by atoms with van der Waals surface area (Å²) in [6.45, 7) is 1.40. The summed E-state index contributed by atoms with van der Waals surface area (Å²) in [6.07, 6.45) is 0. The van der Waals surface area contributed by atoms with Crippen LogP contribution in [0.3, 0.4) is 0 Å². The zero-order chi connectivity index (χ0) is 28.4. The maximum absolute atomic E-state index is 13.7. The molecule has 5 rings (SSSR count). The van der Waals surface area contributed by atoms with Crippen molar-refractivity contribution < 1.29 is 17.9 Å². The van der Waals surface area contributed by atoms with Crippen molar-refractivity contribution in [3.63, 3.8) is 0 Å². The average Bonchev–Trinajstić information content (AvgIpc) is 3.16. The Morgan fingerprint density at radius 3 is 2.12 bits per heavy atom. The fourth-order valence-electron chi connectivity index (χ4n) is 4.37. The zero-order valence-electron chi connectivity index (χ0n) is 22.2. The molecule has 0 unspecified atom stereocenters. The van der Waals surface area contributed by atoms with Gasteiger partial charge in [-0.25, -0.2) is 13.2 Å². The van der Waals surface area contributed by atoms with Gasteiger partial charge < -0.3 is 10.1 Å². The third-order valence-corrected chi connectivity index (χ3v) is 8.34. The van der Waals surface area contributed by atoms with E-state index in [1.54, 1.807) is 68.7 Å². The quantitative estimate of drug-likeness (QED) is 0.296. The summed E-state index contributed by atoms with van der Waals surface area (Å²) in [5.41, 5.74) is 2.83. The molecule has 4 aromatic carbocycles. The molecule has 204 valence electrons. The Hall–Kier alpha value is -4.83. The first-order valence-corrected chi connectivity index (χ1v) is 14.0. The number of nitrogens with one attached hydrogen (secondary N) is 1. The first kappa shape index (κ1) is 26.8. The number of benzene rings is 4. The van der Waals surface area contributed by atoms with Gasteiger partial charge in [-0.15, -0.1) is 0 Å². The number of ether oxygens (including phenoxy) is 1. The summed E-state index contributed by atoms with van der Waals surface area (Å²) in [7, 11) is -0.767. The summed E-state index contributed by atoms with van der Waals surface area (Å²) in [4.78, 5) is 25.6. The summed E-state index contributed by atoms with van der Waals surface area (Å²) in [6, 6.07) is 27.3. The molecule has 0 fully saturated rings. The van der Waals surface area contributed by atoms with E-state index in [4.69, 9.17) is 4.74 Å². The van der Waals surface area contributed by atoms with Gasteiger partial charge >= 0.3 is 5.69 Å². The number of hydrogen-bond donors (Lipinski definition) is 1. The van der Waals surface area contributed by atoms with E-state index in [0.29, 0.717) is 33.9 Å². The molecule has 0 radical (unpaired) electrons. The molecular formula is C30H28N4O5S. The van der Waals surface area contributed by atoms with Gasteiger partial charge in [0.05, 0.1) is 21.6 Å². The van der Waals surface area contributed by atoms with Crippen molar-refractivity contribution in [3.05, 3.63) is 113 Å². The lowest BCUT2D eigenvalue weighted by Gasteiger charge is -2.24. The van der Waals surface area contributed by atoms with Crippen molar-refractivity contribution in [1.29, 1.82) is 0 Å². The van der Waals surface area contributed by atoms with Crippen LogP contribution in [-0.2, 0) is 28.9 Å². The SMILES string of the molecule is Cc1ccc(S(=O)(=O)N(CC(=O)Nc2ccc3c(c2)n(C)c(=O)n3C)c2ccc(Oc3ccccc3)cc2)cc1. The molecule has 0 saturated heterocycles. The monoisotopic (exact) mass is 556 g/mol. The lowest BCUT2D eigenvalue weighted by Crippen LogP contribution is -2.38. The number of carbonyl (C=O) groups is 1. The van der Waals surface area contributed by atoms with Crippen molar-refractivity contribution in [1.82, 2.24) is 9.13 Å². The molecule has 0 aliphatic carbocycles. The molecule has 0 bridgehead atoms. The van der Waals surface area contributed by atoms with Crippen molar-refractivity contribution in [2.45, 2.75) is 11.8 Å². The minimum Gasteiger partial charge on any atom is -0.457 e. The number of aryl methyl sites for hydroxylation is 3. The van der Waals surface area contributed by atoms with E-state index in [2.05, 4.69) is 5.32 Å². The Kier molecular flexibility index (Phi) is 7.19. The van der Waals surface area contributed by atoms with Gasteiger partial charge in [0.1, 0.15) is 18.0 Å². The highest BCUT2D eigenvalue weighted by molar-refractivity contribution is 7.92. The molecule has 0 aliphatic heterocycles. The number of nitrogens with zero attached hydrogens (tertiary/aromatic N) is 3. The number of rotatable bonds is 8. The molecule has 0 saturated carbocycles. The number of sulfonamides is 1. The van der Waals surface area contributed by atoms with Crippen LogP contribution in [0, 0.1) is 6.92 Å². The number of para-hydroxylation sites is 1. The predicted molar refractivity (Wildman–Crippen MR) is 155 cm³/mol. The van der Waals surface area contributed by atoms with Crippen LogP contribution in [0.5, 0.6) is 11.5 Å². The number of aromatic nitrogens is 2. The summed E-state index contributed by atoms with van der Waals surface area (Å²) in [5, 5.41) is 2.77. The second-order valence-electron chi connectivity index (χ2n) is 9.39. The van der Waals surface area contributed by atoms with Crippen LogP contribution in [0.25, 0.3) is 11.0 Å². The van der Waals surface area contributed by atoms with Crippen LogP contribution in [0.4, 0.5) is 11.4 Å². The zero-order valence-corrected chi connectivity index (χ0v) is 23.1. The van der Waals surface area contributed by atoms with E-state index in [1.165, 1.54) is 21.3 Å². The minimum atomic E-state index is -4.09. The molecule has 0 spiro atoms. The van der Waals surface area contributed by atoms with Crippen molar-refractivity contribution >= 4 is 38.3 Å². The third kappa shape index (κ3) is 5.34. The molecule has 10 heteroatoms. The van der Waals surface area contributed by atoms with Crippen molar-refractivity contribution in [2.75, 3.05) is 16.2 Å². The topological polar surface area (TPSA) is 103 Å². The lowest BCUT2D eigenvalue weighted by molar-refractivity contribution is -0.114. The molecule has 1 N–H and O–H groups in total. The van der Waals surface area contributed by atoms with Gasteiger partial charge in [0, 0.05) is 19.8 Å². The summed E-state index contributed by atoms with van der Waals surface area (Å²) in [5.74, 6) is 0.626. The van der Waals surface area contributed by atoms with E-state index in [9.17, 15) is 18.0 Å². The van der Waals surface area contributed by atoms with E-state index in [1.807, 2.05) is 37.3 Å². The normalized spacial score (nSPS) is 11.4. The van der Waals surface area contributed by atoms with Gasteiger partial charge in [0.2, 0.25) is 5.91 Å². The highest BCUT2D eigenvalue weighted by Gasteiger charge is 2.27. The molecular weight excluding hydrogens is 528 g/mol. The molecule has 0 aliphatic rings. The third-order valence-electron chi connectivity index (χ3n) is 6.56. The van der Waals surface area contributed by atoms with E-state index < -0.39 is 22.5 Å². The van der Waals surface area contributed by atoms with Gasteiger partial charge in [-0.1, -0.05) is 35.9 Å². The first-order chi connectivity index (χ1) is 19.1. The highest BCUT2D eigenvalue weighted by atomic mass is 32.2. The van der Waals surface area contributed by atoms with Crippen LogP contribution >= 0.6 is 0 Å². The predicted octanol–water partition coefficient (Wildman–Crippen LogP) is 4.81. The van der Waals surface area contributed by atoms with Crippen LogP contribution in [0.15, 0.2) is 107 Å². The largest absolute Gasteiger partial charge is 0.457 e. The molecule has 1 aromatic heterocycles. The maximum Gasteiger partial charge on any atom is 0.328 e. The Bertz CT molecular complexity index is 1840. The first-order valence-electron chi connectivity index (χ1n) is 12.5. The fourth-order valence-corrected chi connectivity index (χ4v) is 5.79. The van der Waals surface area contributed by atoms with Crippen molar-refractivity contribution in [2.24, 2.45) is 14.1 Å². The lowest BCUT2D eigenvalue weighted by atomic mass is 10.2. The molecule has 5 aromatic rings. The minimum absolute atomic E-state index is 0.0659. The average molecular weight is 557 g/mol. The molecule has 9 nitrogen and oxygen atoms in total. The summed E-state index contributed by atoms with van der Waals surface area (Å²) < 4.78 is 37.4. The molecule has 1 amide bonds. The fraction of sp³-hybridized carbons (Fsp3) is 0.133. The van der Waals surface area contributed by atoms with Gasteiger partial charge in [0.25, 0.3) is 10.0 Å². The Morgan fingerprint density at radius 2 is 1.45 bits per heavy atom. The van der Waals surface area contributed by atoms with Crippen molar-refractivity contribution in [3.8, 4) is 11.5 Å². The molecule has 40 heavy (non-hydrogen) atoms. The van der Waals surface area contributed by atoms with Gasteiger partial charge in [-0.2, -0.15) is 0 Å². The van der Waals surface area contributed by atoms with Gasteiger partial charge in [-0.05, 0) is 73.7 Å². The number of amides is 1. The number of carbonyl (C=O) groups excluding carboxylic acids is 1. The Labute approximate surface area is 231 Å². The van der Waals surface area contributed by atoms with Crippen LogP contribution in [-0.4, -0.2) is 30.0 Å². The van der Waals surface area contributed by atoms with Gasteiger partial charge in [0.15, 0.2) is 0 Å². The molecule has 0 atom stereocenters. The number of fused-ring (bicyclic) bond motifs is 1. The second kappa shape index (κ2) is 10.7. The van der Waals surface area contributed by atoms with E-state index in [-0.39, 0.29) is 10.6 Å². The standard InChI is InChI=1S/C30H28N4O5S/c1-21-9-16-26(17-10-21)40(37,38)34(23-12-14-25(15-13-23)39-24-7-5-4-6-8-24)20-29(35)31-22-11-18-27-28(19-22)33(3)30(36)32(27)2/h4-19H,20H2,1-3H3,(H,31,35). The number of anilines is 2. The van der Waals surface area contributed by atoms with E-state index in [0.717, 1.165) is 9.87 Å². The van der Waals surface area contributed by atoms with E-state index >= 15 is 0 Å². The maximum atomic E-state index is 13.7. The second-order valence-corrected chi connectivity index (χ2v) is 11.2. The Morgan fingerprint density at radius 1 is 0.825 bits per heavy atom. The van der Waals surface area contributed by atoms with Crippen LogP contribution < -0.4 is 20.0 Å². The van der Waals surface area contributed by atoms with Gasteiger partial charge in [-0.3, -0.25) is 18.2 Å².